The first-order valence-corrected chi connectivity index (χ1v) is 10.3. The van der Waals surface area contributed by atoms with Crippen LogP contribution in [0, 0.1) is 18.7 Å². The van der Waals surface area contributed by atoms with E-state index in [9.17, 15) is 14.0 Å². The second-order valence-electron chi connectivity index (χ2n) is 8.11. The van der Waals surface area contributed by atoms with Crippen molar-refractivity contribution in [1.29, 1.82) is 0 Å². The van der Waals surface area contributed by atoms with Gasteiger partial charge >= 0.3 is 0 Å². The lowest BCUT2D eigenvalue weighted by atomic mass is 9.94. The second kappa shape index (κ2) is 9.21. The lowest BCUT2D eigenvalue weighted by molar-refractivity contribution is -0.133. The fourth-order valence-corrected chi connectivity index (χ4v) is 3.88. The van der Waals surface area contributed by atoms with E-state index in [2.05, 4.69) is 25.2 Å². The quantitative estimate of drug-likeness (QED) is 0.798. The van der Waals surface area contributed by atoms with Crippen LogP contribution < -0.4 is 5.32 Å². The fraction of sp³-hybridized carbons (Fsp3) is 0.417. The summed E-state index contributed by atoms with van der Waals surface area (Å²) in [6, 6.07) is 12.4. The fourth-order valence-electron chi connectivity index (χ4n) is 3.88. The summed E-state index contributed by atoms with van der Waals surface area (Å²) >= 11 is 0. The normalized spacial score (nSPS) is 14.9. The third-order valence-electron chi connectivity index (χ3n) is 5.69. The zero-order valence-electron chi connectivity index (χ0n) is 17.4. The number of rotatable bonds is 5. The van der Waals surface area contributed by atoms with Gasteiger partial charge in [0.15, 0.2) is 0 Å². The average Bonchev–Trinajstić information content (AvgIpc) is 2.71. The number of benzene rings is 2. The van der Waals surface area contributed by atoms with E-state index >= 15 is 0 Å². The summed E-state index contributed by atoms with van der Waals surface area (Å²) in [7, 11) is 0. The molecule has 1 saturated heterocycles. The molecule has 5 heteroatoms. The first-order valence-electron chi connectivity index (χ1n) is 10.3. The molecule has 1 aliphatic heterocycles. The number of nitrogens with one attached hydrogen (secondary N) is 1. The summed E-state index contributed by atoms with van der Waals surface area (Å²) < 4.78 is 13.8. The lowest BCUT2D eigenvalue weighted by Gasteiger charge is -2.32. The van der Waals surface area contributed by atoms with Crippen LogP contribution in [0.3, 0.4) is 0 Å². The van der Waals surface area contributed by atoms with Crippen molar-refractivity contribution in [1.82, 2.24) is 4.90 Å². The topological polar surface area (TPSA) is 49.4 Å². The first kappa shape index (κ1) is 21.0. The van der Waals surface area contributed by atoms with Crippen LogP contribution in [-0.4, -0.2) is 29.8 Å². The van der Waals surface area contributed by atoms with Crippen LogP contribution in [0.5, 0.6) is 0 Å². The van der Waals surface area contributed by atoms with Gasteiger partial charge in [-0.25, -0.2) is 4.39 Å². The average molecular weight is 397 g/mol. The van der Waals surface area contributed by atoms with Crippen molar-refractivity contribution in [3.63, 3.8) is 0 Å². The molecule has 1 fully saturated rings. The number of nitrogens with zero attached hydrogens (tertiary/aromatic N) is 1. The van der Waals surface area contributed by atoms with Gasteiger partial charge in [0.2, 0.25) is 11.8 Å². The Morgan fingerprint density at radius 2 is 1.79 bits per heavy atom. The molecule has 0 bridgehead atoms. The Labute approximate surface area is 172 Å². The molecule has 0 aliphatic carbocycles. The minimum Gasteiger partial charge on any atom is -0.342 e. The van der Waals surface area contributed by atoms with Crippen molar-refractivity contribution in [3.05, 3.63) is 65.0 Å². The van der Waals surface area contributed by atoms with Crippen LogP contribution in [0.4, 0.5) is 10.1 Å². The van der Waals surface area contributed by atoms with E-state index in [-0.39, 0.29) is 30.0 Å². The number of anilines is 1. The molecule has 4 nitrogen and oxygen atoms in total. The van der Waals surface area contributed by atoms with Gasteiger partial charge in [0.05, 0.1) is 6.42 Å². The molecule has 0 aromatic heterocycles. The van der Waals surface area contributed by atoms with Gasteiger partial charge in [-0.1, -0.05) is 50.2 Å². The van der Waals surface area contributed by atoms with E-state index in [1.807, 2.05) is 19.1 Å². The van der Waals surface area contributed by atoms with E-state index in [1.165, 1.54) is 6.07 Å². The largest absolute Gasteiger partial charge is 0.342 e. The number of hydrogen-bond acceptors (Lipinski definition) is 2. The Bertz CT molecular complexity index is 886. The summed E-state index contributed by atoms with van der Waals surface area (Å²) in [6.07, 6.45) is 1.31. The number of carbonyl (C=O) groups excluding carboxylic acids is 2. The van der Waals surface area contributed by atoms with Gasteiger partial charge in [0.25, 0.3) is 0 Å². The molecule has 154 valence electrons. The zero-order valence-corrected chi connectivity index (χ0v) is 17.4. The third kappa shape index (κ3) is 5.03. The highest BCUT2D eigenvalue weighted by Gasteiger charge is 2.28. The number of aryl methyl sites for hydroxylation is 1. The van der Waals surface area contributed by atoms with Gasteiger partial charge in [-0.2, -0.15) is 0 Å². The predicted octanol–water partition coefficient (Wildman–Crippen LogP) is 4.68. The number of likely N-dealkylation sites (tertiary alicyclic amines) is 1. The molecule has 0 unspecified atom stereocenters. The van der Waals surface area contributed by atoms with Crippen LogP contribution in [0.2, 0.25) is 0 Å². The maximum absolute atomic E-state index is 13.8. The van der Waals surface area contributed by atoms with E-state index in [4.69, 9.17) is 0 Å². The van der Waals surface area contributed by atoms with E-state index in [1.54, 1.807) is 23.1 Å². The second-order valence-corrected chi connectivity index (χ2v) is 8.11. The summed E-state index contributed by atoms with van der Waals surface area (Å²) in [5.74, 6) is -0.221. The Morgan fingerprint density at radius 1 is 1.10 bits per heavy atom. The van der Waals surface area contributed by atoms with Crippen LogP contribution in [0.15, 0.2) is 42.5 Å². The summed E-state index contributed by atoms with van der Waals surface area (Å²) in [6.45, 7) is 7.28. The standard InChI is InChI=1S/C24H29FN2O2/c1-16(2)20-9-6-7-17(3)23(20)26-24(29)18-11-13-27(14-12-18)22(28)15-19-8-4-5-10-21(19)25/h4-10,16,18H,11-15H2,1-3H3,(H,26,29). The van der Waals surface area contributed by atoms with Gasteiger partial charge in [-0.15, -0.1) is 0 Å². The number of amides is 2. The molecule has 2 aromatic carbocycles. The molecule has 1 N–H and O–H groups in total. The molecule has 0 saturated carbocycles. The zero-order chi connectivity index (χ0) is 21.0. The molecule has 0 radical (unpaired) electrons. The van der Waals surface area contributed by atoms with Gasteiger partial charge in [-0.3, -0.25) is 9.59 Å². The maximum atomic E-state index is 13.8. The molecular weight excluding hydrogens is 367 g/mol. The molecule has 3 rings (SSSR count). The van der Waals surface area contributed by atoms with Gasteiger partial charge in [0.1, 0.15) is 5.82 Å². The number of piperidine rings is 1. The predicted molar refractivity (Wildman–Crippen MR) is 113 cm³/mol. The number of para-hydroxylation sites is 1. The van der Waals surface area contributed by atoms with Gasteiger partial charge < -0.3 is 10.2 Å². The van der Waals surface area contributed by atoms with Crippen molar-refractivity contribution in [3.8, 4) is 0 Å². The van der Waals surface area contributed by atoms with Crippen molar-refractivity contribution >= 4 is 17.5 Å². The molecule has 2 aromatic rings. The summed E-state index contributed by atoms with van der Waals surface area (Å²) in [5, 5.41) is 3.13. The molecule has 29 heavy (non-hydrogen) atoms. The minimum atomic E-state index is -0.352. The molecule has 1 heterocycles. The smallest absolute Gasteiger partial charge is 0.227 e. The minimum absolute atomic E-state index is 0.0161. The Hall–Kier alpha value is -2.69. The highest BCUT2D eigenvalue weighted by molar-refractivity contribution is 5.94. The molecule has 0 atom stereocenters. The number of carbonyl (C=O) groups is 2. The lowest BCUT2D eigenvalue weighted by Crippen LogP contribution is -2.42. The van der Waals surface area contributed by atoms with Crippen molar-refractivity contribution < 1.29 is 14.0 Å². The highest BCUT2D eigenvalue weighted by Crippen LogP contribution is 2.29. The maximum Gasteiger partial charge on any atom is 0.227 e. The molecule has 2 amide bonds. The number of halogens is 1. The van der Waals surface area contributed by atoms with E-state index in [0.717, 1.165) is 16.8 Å². The van der Waals surface area contributed by atoms with E-state index < -0.39 is 0 Å². The highest BCUT2D eigenvalue weighted by atomic mass is 19.1. The Kier molecular flexibility index (Phi) is 6.68. The van der Waals surface area contributed by atoms with E-state index in [0.29, 0.717) is 37.4 Å². The first-order chi connectivity index (χ1) is 13.9. The SMILES string of the molecule is Cc1cccc(C(C)C)c1NC(=O)C1CCN(C(=O)Cc2ccccc2F)CC1. The van der Waals surface area contributed by atoms with Crippen LogP contribution >= 0.6 is 0 Å². The Morgan fingerprint density at radius 3 is 2.45 bits per heavy atom. The third-order valence-corrected chi connectivity index (χ3v) is 5.69. The van der Waals surface area contributed by atoms with Crippen LogP contribution in [-0.2, 0) is 16.0 Å². The summed E-state index contributed by atoms with van der Waals surface area (Å²) in [4.78, 5) is 27.1. The summed E-state index contributed by atoms with van der Waals surface area (Å²) in [5.41, 5.74) is 3.52. The molecule has 0 spiro atoms. The van der Waals surface area contributed by atoms with Crippen LogP contribution in [0.25, 0.3) is 0 Å². The number of hydrogen-bond donors (Lipinski definition) is 1. The van der Waals surface area contributed by atoms with Crippen molar-refractivity contribution in [2.75, 3.05) is 18.4 Å². The molecular formula is C24H29FN2O2. The van der Waals surface area contributed by atoms with Gasteiger partial charge in [0, 0.05) is 24.7 Å². The van der Waals surface area contributed by atoms with Gasteiger partial charge in [-0.05, 0) is 48.4 Å². The molecule has 1 aliphatic rings. The Balaban J connectivity index is 1.58. The van der Waals surface area contributed by atoms with Crippen molar-refractivity contribution in [2.45, 2.75) is 46.0 Å². The van der Waals surface area contributed by atoms with Crippen molar-refractivity contribution in [2.24, 2.45) is 5.92 Å². The monoisotopic (exact) mass is 396 g/mol. The van der Waals surface area contributed by atoms with Crippen LogP contribution in [0.1, 0.15) is 49.3 Å².